The van der Waals surface area contributed by atoms with Gasteiger partial charge in [-0.15, -0.1) is 0 Å². The predicted octanol–water partition coefficient (Wildman–Crippen LogP) is 4.13. The first-order valence-corrected chi connectivity index (χ1v) is 5.34. The van der Waals surface area contributed by atoms with E-state index in [1.165, 1.54) is 0 Å². The molecule has 0 aromatic rings. The van der Waals surface area contributed by atoms with E-state index in [-0.39, 0.29) is 0 Å². The molecule has 154 valence electrons. The van der Waals surface area contributed by atoms with Gasteiger partial charge in [0.1, 0.15) is 0 Å². The number of alkyl halides is 15. The van der Waals surface area contributed by atoms with E-state index >= 15 is 0 Å². The van der Waals surface area contributed by atoms with Crippen molar-refractivity contribution in [3.8, 4) is 0 Å². The standard InChI is InChI=1S/C9HF15O2/c10-3(11)4(12,13)1(25)6(15,16)7(17,18)2(26)5(14,8(19,20)21)9(22,23)24/h3H. The predicted molar refractivity (Wildman–Crippen MR) is 46.8 cm³/mol. The molecule has 0 N–H and O–H groups in total. The fourth-order valence-electron chi connectivity index (χ4n) is 1.23. The van der Waals surface area contributed by atoms with E-state index < -0.39 is 53.8 Å². The number of carbonyl (C=O) groups excluding carboxylic acids is 2. The number of hydrogen-bond donors (Lipinski definition) is 0. The zero-order valence-electron chi connectivity index (χ0n) is 11.1. The molecule has 0 unspecified atom stereocenters. The van der Waals surface area contributed by atoms with E-state index in [9.17, 15) is 75.4 Å². The van der Waals surface area contributed by atoms with E-state index in [2.05, 4.69) is 0 Å². The van der Waals surface area contributed by atoms with Gasteiger partial charge in [-0.2, -0.15) is 52.7 Å². The third kappa shape index (κ3) is 3.30. The van der Waals surface area contributed by atoms with Gasteiger partial charge < -0.3 is 0 Å². The van der Waals surface area contributed by atoms with Crippen molar-refractivity contribution in [3.05, 3.63) is 0 Å². The molecule has 0 aliphatic carbocycles. The molecular weight excluding hydrogens is 425 g/mol. The molecule has 0 aliphatic rings. The molecule has 26 heavy (non-hydrogen) atoms. The molecule has 0 bridgehead atoms. The minimum absolute atomic E-state index is 4.90. The molecule has 0 aromatic heterocycles. The van der Waals surface area contributed by atoms with Crippen molar-refractivity contribution in [2.45, 2.75) is 42.2 Å². The van der Waals surface area contributed by atoms with Gasteiger partial charge in [0, 0.05) is 0 Å². The van der Waals surface area contributed by atoms with Crippen molar-refractivity contribution in [2.75, 3.05) is 0 Å². The van der Waals surface area contributed by atoms with Crippen LogP contribution in [0.3, 0.4) is 0 Å². The minimum Gasteiger partial charge on any atom is -0.288 e. The van der Waals surface area contributed by atoms with Crippen molar-refractivity contribution in [1.29, 1.82) is 0 Å². The first kappa shape index (κ1) is 24.3. The zero-order valence-corrected chi connectivity index (χ0v) is 11.1. The molecule has 0 atom stereocenters. The lowest BCUT2D eigenvalue weighted by Crippen LogP contribution is -2.69. The first-order chi connectivity index (χ1) is 11.0. The largest absolute Gasteiger partial charge is 0.439 e. The fourth-order valence-corrected chi connectivity index (χ4v) is 1.23. The van der Waals surface area contributed by atoms with Crippen LogP contribution in [0.5, 0.6) is 0 Å². The van der Waals surface area contributed by atoms with Crippen molar-refractivity contribution >= 4 is 11.6 Å². The normalized spacial score (nSPS) is 15.4. The Morgan fingerprint density at radius 3 is 1.04 bits per heavy atom. The van der Waals surface area contributed by atoms with Crippen LogP contribution in [0.25, 0.3) is 0 Å². The van der Waals surface area contributed by atoms with Gasteiger partial charge in [0.2, 0.25) is 0 Å². The van der Waals surface area contributed by atoms with E-state index in [0.29, 0.717) is 0 Å². The molecule has 0 saturated heterocycles. The molecule has 17 heteroatoms. The average molecular weight is 426 g/mol. The molecule has 0 amide bonds. The topological polar surface area (TPSA) is 34.1 Å². The lowest BCUT2D eigenvalue weighted by molar-refractivity contribution is -0.335. The molecule has 0 aliphatic heterocycles. The van der Waals surface area contributed by atoms with Crippen LogP contribution in [0.1, 0.15) is 0 Å². The second-order valence-electron chi connectivity index (χ2n) is 4.38. The highest BCUT2D eigenvalue weighted by atomic mass is 19.4. The lowest BCUT2D eigenvalue weighted by atomic mass is 9.88. The summed E-state index contributed by atoms with van der Waals surface area (Å²) in [5.74, 6) is -32.3. The van der Waals surface area contributed by atoms with Crippen molar-refractivity contribution in [3.63, 3.8) is 0 Å². The Bertz CT molecular complexity index is 555. The number of carbonyl (C=O) groups is 2. The number of hydrogen-bond acceptors (Lipinski definition) is 2. The summed E-state index contributed by atoms with van der Waals surface area (Å²) >= 11 is 0. The summed E-state index contributed by atoms with van der Waals surface area (Å²) in [7, 11) is 0. The Hall–Kier alpha value is -1.71. The number of halogens is 15. The van der Waals surface area contributed by atoms with E-state index in [0.717, 1.165) is 0 Å². The van der Waals surface area contributed by atoms with Crippen LogP contribution in [0.4, 0.5) is 65.9 Å². The fraction of sp³-hybridized carbons (Fsp3) is 0.778. The first-order valence-electron chi connectivity index (χ1n) is 5.34. The van der Waals surface area contributed by atoms with Crippen molar-refractivity contribution in [2.24, 2.45) is 0 Å². The molecule has 0 fully saturated rings. The SMILES string of the molecule is O=C(C(F)(F)C(F)F)C(F)(F)C(F)(F)C(=O)C(F)(C(F)(F)F)C(F)(F)F. The molecule has 0 spiro atoms. The summed E-state index contributed by atoms with van der Waals surface area (Å²) in [5, 5.41) is 0. The summed E-state index contributed by atoms with van der Waals surface area (Å²) in [6.07, 6.45) is -20.8. The van der Waals surface area contributed by atoms with Crippen molar-refractivity contribution in [1.82, 2.24) is 0 Å². The van der Waals surface area contributed by atoms with Crippen LogP contribution in [0.15, 0.2) is 0 Å². The molecule has 0 heterocycles. The molecule has 0 radical (unpaired) electrons. The third-order valence-corrected chi connectivity index (χ3v) is 2.64. The Morgan fingerprint density at radius 2 is 0.808 bits per heavy atom. The van der Waals surface area contributed by atoms with Crippen LogP contribution in [-0.2, 0) is 9.59 Å². The summed E-state index contributed by atoms with van der Waals surface area (Å²) in [6.45, 7) is 0. The Balaban J connectivity index is 6.47. The Morgan fingerprint density at radius 1 is 0.538 bits per heavy atom. The zero-order chi connectivity index (χ0) is 21.7. The number of ketones is 2. The van der Waals surface area contributed by atoms with Crippen LogP contribution in [0, 0.1) is 0 Å². The second kappa shape index (κ2) is 6.17. The van der Waals surface area contributed by atoms with Gasteiger partial charge in [-0.05, 0) is 0 Å². The smallest absolute Gasteiger partial charge is 0.288 e. The summed E-state index contributed by atoms with van der Waals surface area (Å²) in [5.41, 5.74) is -7.73. The highest BCUT2D eigenvalue weighted by Crippen LogP contribution is 2.52. The van der Waals surface area contributed by atoms with Gasteiger partial charge in [-0.3, -0.25) is 9.59 Å². The van der Waals surface area contributed by atoms with Gasteiger partial charge >= 0.3 is 42.2 Å². The van der Waals surface area contributed by atoms with E-state index in [1.54, 1.807) is 0 Å². The quantitative estimate of drug-likeness (QED) is 0.599. The van der Waals surface area contributed by atoms with E-state index in [4.69, 9.17) is 0 Å². The lowest BCUT2D eigenvalue weighted by Gasteiger charge is -2.34. The van der Waals surface area contributed by atoms with Gasteiger partial charge in [0.15, 0.2) is 0 Å². The van der Waals surface area contributed by atoms with Gasteiger partial charge in [-0.25, -0.2) is 13.2 Å². The molecule has 0 aromatic carbocycles. The minimum atomic E-state index is -7.73. The summed E-state index contributed by atoms with van der Waals surface area (Å²) in [6, 6.07) is 0. The van der Waals surface area contributed by atoms with Crippen LogP contribution >= 0.6 is 0 Å². The second-order valence-corrected chi connectivity index (χ2v) is 4.38. The Labute approximate surface area is 130 Å². The summed E-state index contributed by atoms with van der Waals surface area (Å²) < 4.78 is 186. The van der Waals surface area contributed by atoms with Crippen LogP contribution in [0.2, 0.25) is 0 Å². The third-order valence-electron chi connectivity index (χ3n) is 2.64. The van der Waals surface area contributed by atoms with Crippen LogP contribution < -0.4 is 0 Å². The molecular formula is C9HF15O2. The maximum atomic E-state index is 13.1. The van der Waals surface area contributed by atoms with Gasteiger partial charge in [-0.1, -0.05) is 0 Å². The number of rotatable bonds is 6. The monoisotopic (exact) mass is 426 g/mol. The molecule has 0 rings (SSSR count). The molecule has 0 saturated carbocycles. The molecule has 2 nitrogen and oxygen atoms in total. The average Bonchev–Trinajstić information content (AvgIpc) is 2.41. The number of Topliss-reactive ketones (excluding diaryl/α,β-unsaturated/α-hetero) is 2. The van der Waals surface area contributed by atoms with Crippen LogP contribution in [-0.4, -0.2) is 53.8 Å². The van der Waals surface area contributed by atoms with E-state index in [1.807, 2.05) is 0 Å². The Kier molecular flexibility index (Phi) is 5.77. The van der Waals surface area contributed by atoms with Crippen molar-refractivity contribution < 1.29 is 75.4 Å². The summed E-state index contributed by atoms with van der Waals surface area (Å²) in [4.78, 5) is 21.0. The maximum absolute atomic E-state index is 13.1. The maximum Gasteiger partial charge on any atom is 0.439 e. The van der Waals surface area contributed by atoms with Gasteiger partial charge in [0.25, 0.3) is 11.6 Å². The highest BCUT2D eigenvalue weighted by molar-refractivity contribution is 6.04. The highest BCUT2D eigenvalue weighted by Gasteiger charge is 2.85. The van der Waals surface area contributed by atoms with Gasteiger partial charge in [0.05, 0.1) is 0 Å².